The Hall–Kier alpha value is -0.980. The van der Waals surface area contributed by atoms with Crippen LogP contribution in [0.15, 0.2) is 18.2 Å². The van der Waals surface area contributed by atoms with Gasteiger partial charge in [-0.2, -0.15) is 0 Å². The molecule has 0 aromatic heterocycles. The minimum atomic E-state index is 0.660. The second-order valence-corrected chi connectivity index (χ2v) is 5.42. The third-order valence-corrected chi connectivity index (χ3v) is 3.95. The normalized spacial score (nSPS) is 27.6. The highest BCUT2D eigenvalue weighted by Gasteiger charge is 2.45. The summed E-state index contributed by atoms with van der Waals surface area (Å²) in [6.45, 7) is 5.88. The molecule has 3 rings (SSSR count). The Bertz CT molecular complexity index is 380. The van der Waals surface area contributed by atoms with Gasteiger partial charge in [0.1, 0.15) is 0 Å². The summed E-state index contributed by atoms with van der Waals surface area (Å²) in [5.41, 5.74) is 4.72. The molecule has 80 valence electrons. The number of hydrogen-bond donors (Lipinski definition) is 0. The van der Waals surface area contributed by atoms with Crippen LogP contribution in [0.2, 0.25) is 0 Å². The van der Waals surface area contributed by atoms with E-state index in [0.29, 0.717) is 5.92 Å². The average molecular weight is 201 g/mol. The van der Waals surface area contributed by atoms with E-state index < -0.39 is 0 Å². The van der Waals surface area contributed by atoms with Gasteiger partial charge in [0.25, 0.3) is 0 Å². The van der Waals surface area contributed by atoms with Gasteiger partial charge in [0.15, 0.2) is 0 Å². The molecular formula is C14H19N. The largest absolute Gasteiger partial charge is 0.374 e. The van der Waals surface area contributed by atoms with Crippen molar-refractivity contribution in [1.29, 1.82) is 0 Å². The highest BCUT2D eigenvalue weighted by molar-refractivity contribution is 5.63. The zero-order valence-electron chi connectivity index (χ0n) is 9.83. The zero-order chi connectivity index (χ0) is 10.6. The van der Waals surface area contributed by atoms with Crippen molar-refractivity contribution in [2.75, 3.05) is 18.5 Å². The quantitative estimate of drug-likeness (QED) is 0.673. The van der Waals surface area contributed by atoms with Crippen molar-refractivity contribution in [2.24, 2.45) is 5.92 Å². The fourth-order valence-electron chi connectivity index (χ4n) is 3.06. The number of anilines is 1. The van der Waals surface area contributed by atoms with Crippen molar-refractivity contribution < 1.29 is 0 Å². The minimum Gasteiger partial charge on any atom is -0.374 e. The summed E-state index contributed by atoms with van der Waals surface area (Å²) >= 11 is 0. The van der Waals surface area contributed by atoms with Crippen LogP contribution in [-0.4, -0.2) is 13.6 Å². The van der Waals surface area contributed by atoms with Crippen molar-refractivity contribution in [3.63, 3.8) is 0 Å². The second kappa shape index (κ2) is 3.01. The lowest BCUT2D eigenvalue weighted by atomic mass is 9.90. The molecule has 0 radical (unpaired) electrons. The van der Waals surface area contributed by atoms with E-state index in [2.05, 4.69) is 44.0 Å². The van der Waals surface area contributed by atoms with Crippen LogP contribution in [-0.2, 0) is 0 Å². The third kappa shape index (κ3) is 1.29. The van der Waals surface area contributed by atoms with E-state index in [-0.39, 0.29) is 0 Å². The Labute approximate surface area is 92.1 Å². The summed E-state index contributed by atoms with van der Waals surface area (Å²) < 4.78 is 0. The molecule has 1 heterocycles. The molecule has 1 aliphatic heterocycles. The minimum absolute atomic E-state index is 0.660. The van der Waals surface area contributed by atoms with Crippen LogP contribution in [0, 0.1) is 5.92 Å². The summed E-state index contributed by atoms with van der Waals surface area (Å²) in [6, 6.07) is 6.82. The molecule has 0 N–H and O–H groups in total. The molecule has 1 aliphatic carbocycles. The van der Waals surface area contributed by atoms with Gasteiger partial charge in [-0.05, 0) is 41.4 Å². The van der Waals surface area contributed by atoms with Gasteiger partial charge in [-0.25, -0.2) is 0 Å². The first kappa shape index (κ1) is 9.26. The fourth-order valence-corrected chi connectivity index (χ4v) is 3.06. The van der Waals surface area contributed by atoms with Crippen LogP contribution in [0.5, 0.6) is 0 Å². The Kier molecular flexibility index (Phi) is 1.86. The maximum atomic E-state index is 2.44. The standard InChI is InChI=1S/C14H19N/c1-9(2)11-5-4-6-13-14(11)12-7-10(12)8-15(13)3/h4-6,9-10,12H,7-8H2,1-3H3. The van der Waals surface area contributed by atoms with Crippen molar-refractivity contribution in [2.45, 2.75) is 32.1 Å². The van der Waals surface area contributed by atoms with Crippen LogP contribution in [0.3, 0.4) is 0 Å². The number of nitrogens with zero attached hydrogens (tertiary/aromatic N) is 1. The molecular weight excluding hydrogens is 182 g/mol. The highest BCUT2D eigenvalue weighted by Crippen LogP contribution is 2.56. The number of rotatable bonds is 1. The third-order valence-electron chi connectivity index (χ3n) is 3.95. The van der Waals surface area contributed by atoms with Gasteiger partial charge < -0.3 is 4.90 Å². The van der Waals surface area contributed by atoms with Gasteiger partial charge in [0.05, 0.1) is 0 Å². The van der Waals surface area contributed by atoms with Crippen LogP contribution in [0.25, 0.3) is 0 Å². The van der Waals surface area contributed by atoms with Crippen molar-refractivity contribution in [1.82, 2.24) is 0 Å². The second-order valence-electron chi connectivity index (χ2n) is 5.42. The highest BCUT2D eigenvalue weighted by atomic mass is 15.1. The van der Waals surface area contributed by atoms with Gasteiger partial charge in [0.2, 0.25) is 0 Å². The van der Waals surface area contributed by atoms with Gasteiger partial charge in [-0.1, -0.05) is 26.0 Å². The first-order valence-electron chi connectivity index (χ1n) is 6.02. The maximum Gasteiger partial charge on any atom is 0.0402 e. The van der Waals surface area contributed by atoms with Gasteiger partial charge in [0, 0.05) is 19.3 Å². The topological polar surface area (TPSA) is 3.24 Å². The Morgan fingerprint density at radius 3 is 2.87 bits per heavy atom. The first-order valence-corrected chi connectivity index (χ1v) is 6.02. The first-order chi connectivity index (χ1) is 7.18. The van der Waals surface area contributed by atoms with E-state index in [1.54, 1.807) is 11.1 Å². The van der Waals surface area contributed by atoms with Crippen molar-refractivity contribution in [3.8, 4) is 0 Å². The predicted molar refractivity (Wildman–Crippen MR) is 64.6 cm³/mol. The van der Waals surface area contributed by atoms with E-state index >= 15 is 0 Å². The molecule has 0 bridgehead atoms. The molecule has 1 nitrogen and oxygen atoms in total. The van der Waals surface area contributed by atoms with E-state index in [1.165, 1.54) is 18.7 Å². The summed E-state index contributed by atoms with van der Waals surface area (Å²) in [4.78, 5) is 2.44. The molecule has 2 unspecified atom stereocenters. The molecule has 0 saturated heterocycles. The average Bonchev–Trinajstić information content (AvgIpc) is 2.96. The van der Waals surface area contributed by atoms with Gasteiger partial charge >= 0.3 is 0 Å². The molecule has 1 aromatic carbocycles. The summed E-state index contributed by atoms with van der Waals surface area (Å²) in [5.74, 6) is 2.49. The van der Waals surface area contributed by atoms with Crippen LogP contribution in [0.4, 0.5) is 5.69 Å². The molecule has 0 spiro atoms. The summed E-state index contributed by atoms with van der Waals surface area (Å²) in [6.07, 6.45) is 1.42. The van der Waals surface area contributed by atoms with Gasteiger partial charge in [-0.3, -0.25) is 0 Å². The lowest BCUT2D eigenvalue weighted by molar-refractivity contribution is 0.714. The molecule has 15 heavy (non-hydrogen) atoms. The number of hydrogen-bond acceptors (Lipinski definition) is 1. The molecule has 2 aliphatic rings. The smallest absolute Gasteiger partial charge is 0.0402 e. The van der Waals surface area contributed by atoms with Crippen LogP contribution in [0.1, 0.15) is 43.2 Å². The molecule has 1 fully saturated rings. The molecule has 1 saturated carbocycles. The Morgan fingerprint density at radius 1 is 1.33 bits per heavy atom. The van der Waals surface area contributed by atoms with E-state index in [1.807, 2.05) is 0 Å². The molecule has 1 heteroatoms. The monoisotopic (exact) mass is 201 g/mol. The maximum absolute atomic E-state index is 2.44. The van der Waals surface area contributed by atoms with E-state index in [4.69, 9.17) is 0 Å². The lowest BCUT2D eigenvalue weighted by Crippen LogP contribution is -2.25. The van der Waals surface area contributed by atoms with Crippen LogP contribution < -0.4 is 4.90 Å². The van der Waals surface area contributed by atoms with E-state index in [0.717, 1.165) is 11.8 Å². The number of benzene rings is 1. The van der Waals surface area contributed by atoms with Gasteiger partial charge in [-0.15, -0.1) is 0 Å². The molecule has 0 amide bonds. The Morgan fingerprint density at radius 2 is 2.13 bits per heavy atom. The molecule has 1 aromatic rings. The van der Waals surface area contributed by atoms with Crippen LogP contribution >= 0.6 is 0 Å². The lowest BCUT2D eigenvalue weighted by Gasteiger charge is -2.29. The summed E-state index contributed by atoms with van der Waals surface area (Å²) in [5, 5.41) is 0. The van der Waals surface area contributed by atoms with E-state index in [9.17, 15) is 0 Å². The van der Waals surface area contributed by atoms with Crippen molar-refractivity contribution >= 4 is 5.69 Å². The van der Waals surface area contributed by atoms with Crippen molar-refractivity contribution in [3.05, 3.63) is 29.3 Å². The summed E-state index contributed by atoms with van der Waals surface area (Å²) in [7, 11) is 2.23. The molecule has 2 atom stereocenters. The SMILES string of the molecule is CC(C)c1cccc2c1C1CC1CN2C. The Balaban J connectivity index is 2.16. The zero-order valence-corrected chi connectivity index (χ0v) is 9.83. The fraction of sp³-hybridized carbons (Fsp3) is 0.571. The number of fused-ring (bicyclic) bond motifs is 3. The predicted octanol–water partition coefficient (Wildman–Crippen LogP) is 3.36.